The minimum Gasteiger partial charge on any atom is -0.462 e. The number of nitrogens with zero attached hydrogens (tertiary/aromatic N) is 2. The lowest BCUT2D eigenvalue weighted by molar-refractivity contribution is 0.0303. The van der Waals surface area contributed by atoms with E-state index in [1.165, 1.54) is 0 Å². The van der Waals surface area contributed by atoms with Crippen LogP contribution in [0.5, 0.6) is 0 Å². The fourth-order valence-electron chi connectivity index (χ4n) is 4.64. The molecular formula is C29H29N3O5. The van der Waals surface area contributed by atoms with E-state index < -0.39 is 0 Å². The quantitative estimate of drug-likeness (QED) is 0.519. The molecule has 3 aromatic rings. The van der Waals surface area contributed by atoms with Gasteiger partial charge in [-0.1, -0.05) is 18.2 Å². The van der Waals surface area contributed by atoms with E-state index >= 15 is 0 Å². The summed E-state index contributed by atoms with van der Waals surface area (Å²) in [4.78, 5) is 41.1. The third kappa shape index (κ3) is 5.34. The van der Waals surface area contributed by atoms with E-state index in [1.54, 1.807) is 36.1 Å². The molecule has 5 rings (SSSR count). The van der Waals surface area contributed by atoms with Crippen LogP contribution in [0.4, 0.5) is 16.2 Å². The zero-order chi connectivity index (χ0) is 25.8. The maximum absolute atomic E-state index is 13.0. The summed E-state index contributed by atoms with van der Waals surface area (Å²) in [7, 11) is 0. The number of urea groups is 1. The summed E-state index contributed by atoms with van der Waals surface area (Å²) in [6.07, 6.45) is 0.756. The van der Waals surface area contributed by atoms with Crippen molar-refractivity contribution < 1.29 is 23.9 Å². The minimum absolute atomic E-state index is 0.0287. The molecule has 190 valence electrons. The highest BCUT2D eigenvalue weighted by Gasteiger charge is 2.25. The number of esters is 1. The molecule has 0 radical (unpaired) electrons. The monoisotopic (exact) mass is 499 g/mol. The Bertz CT molecular complexity index is 1300. The lowest BCUT2D eigenvalue weighted by Crippen LogP contribution is -2.40. The Morgan fingerprint density at radius 3 is 2.24 bits per heavy atom. The van der Waals surface area contributed by atoms with Gasteiger partial charge in [-0.3, -0.25) is 9.69 Å². The molecular weight excluding hydrogens is 470 g/mol. The number of morpholine rings is 1. The topological polar surface area (TPSA) is 88.2 Å². The van der Waals surface area contributed by atoms with Gasteiger partial charge in [-0.05, 0) is 78.6 Å². The number of hydrogen-bond donors (Lipinski definition) is 1. The van der Waals surface area contributed by atoms with Gasteiger partial charge in [0, 0.05) is 36.6 Å². The minimum atomic E-state index is -0.386. The van der Waals surface area contributed by atoms with Crippen LogP contribution < -0.4 is 10.2 Å². The molecule has 8 nitrogen and oxygen atoms in total. The van der Waals surface area contributed by atoms with Crippen LogP contribution in [0.2, 0.25) is 0 Å². The molecule has 3 amide bonds. The number of fused-ring (bicyclic) bond motifs is 1. The first-order valence-corrected chi connectivity index (χ1v) is 12.5. The predicted octanol–water partition coefficient (Wildman–Crippen LogP) is 4.60. The largest absolute Gasteiger partial charge is 0.462 e. The second-order valence-electron chi connectivity index (χ2n) is 8.96. The summed E-state index contributed by atoms with van der Waals surface area (Å²) < 4.78 is 10.3. The Hall–Kier alpha value is -4.17. The van der Waals surface area contributed by atoms with Crippen LogP contribution in [-0.2, 0) is 15.9 Å². The first kappa shape index (κ1) is 24.5. The molecule has 0 bridgehead atoms. The first-order valence-electron chi connectivity index (χ1n) is 12.5. The smallest absolute Gasteiger partial charge is 0.338 e. The molecule has 3 aromatic carbocycles. The standard InChI is InChI=1S/C29H29N3O5/c1-2-37-28(34)22-7-10-25(11-8-22)30-29(35)32-14-13-24-19-23(9-12-26(24)32)20-3-5-21(6-4-20)27(33)31-15-17-36-18-16-31/h3-12,19H,2,13-18H2,1H3,(H,30,35). The maximum Gasteiger partial charge on any atom is 0.338 e. The van der Waals surface area contributed by atoms with Crippen LogP contribution in [0.25, 0.3) is 11.1 Å². The lowest BCUT2D eigenvalue weighted by Gasteiger charge is -2.26. The summed E-state index contributed by atoms with van der Waals surface area (Å²) in [5, 5.41) is 2.90. The van der Waals surface area contributed by atoms with E-state index in [2.05, 4.69) is 11.4 Å². The molecule has 1 fully saturated rings. The van der Waals surface area contributed by atoms with Gasteiger partial charge in [0.1, 0.15) is 0 Å². The predicted molar refractivity (Wildman–Crippen MR) is 141 cm³/mol. The van der Waals surface area contributed by atoms with Crippen LogP contribution >= 0.6 is 0 Å². The van der Waals surface area contributed by atoms with Crippen molar-refractivity contribution in [2.24, 2.45) is 0 Å². The van der Waals surface area contributed by atoms with Gasteiger partial charge < -0.3 is 19.7 Å². The van der Waals surface area contributed by atoms with Gasteiger partial charge in [-0.15, -0.1) is 0 Å². The Morgan fingerprint density at radius 1 is 0.865 bits per heavy atom. The van der Waals surface area contributed by atoms with Crippen molar-refractivity contribution in [3.63, 3.8) is 0 Å². The second kappa shape index (κ2) is 10.8. The number of carbonyl (C=O) groups is 3. The highest BCUT2D eigenvalue weighted by molar-refractivity contribution is 6.03. The van der Waals surface area contributed by atoms with Crippen molar-refractivity contribution in [3.8, 4) is 11.1 Å². The van der Waals surface area contributed by atoms with Crippen molar-refractivity contribution in [2.45, 2.75) is 13.3 Å². The molecule has 0 atom stereocenters. The van der Waals surface area contributed by atoms with Gasteiger partial charge in [-0.25, -0.2) is 9.59 Å². The number of ether oxygens (including phenoxy) is 2. The first-order chi connectivity index (χ1) is 18.0. The molecule has 0 saturated carbocycles. The Labute approximate surface area is 215 Å². The van der Waals surface area contributed by atoms with Crippen molar-refractivity contribution in [3.05, 3.63) is 83.4 Å². The molecule has 8 heteroatoms. The van der Waals surface area contributed by atoms with E-state index in [4.69, 9.17) is 9.47 Å². The molecule has 1 N–H and O–H groups in total. The Morgan fingerprint density at radius 2 is 1.54 bits per heavy atom. The summed E-state index contributed by atoms with van der Waals surface area (Å²) in [5.74, 6) is -0.357. The van der Waals surface area contributed by atoms with Crippen LogP contribution in [0.1, 0.15) is 33.2 Å². The van der Waals surface area contributed by atoms with Crippen LogP contribution in [0.3, 0.4) is 0 Å². The van der Waals surface area contributed by atoms with Crippen LogP contribution in [0, 0.1) is 0 Å². The Balaban J connectivity index is 1.25. The molecule has 37 heavy (non-hydrogen) atoms. The molecule has 1 saturated heterocycles. The summed E-state index contributed by atoms with van der Waals surface area (Å²) in [6, 6.07) is 20.2. The molecule has 2 aliphatic rings. The normalized spacial score (nSPS) is 14.7. The van der Waals surface area contributed by atoms with Gasteiger partial charge in [-0.2, -0.15) is 0 Å². The van der Waals surface area contributed by atoms with Crippen LogP contribution in [0.15, 0.2) is 66.7 Å². The number of hydrogen-bond acceptors (Lipinski definition) is 5. The van der Waals surface area contributed by atoms with Crippen molar-refractivity contribution >= 4 is 29.3 Å². The zero-order valence-electron chi connectivity index (χ0n) is 20.7. The molecule has 2 heterocycles. The van der Waals surface area contributed by atoms with Crippen molar-refractivity contribution in [1.29, 1.82) is 0 Å². The second-order valence-corrected chi connectivity index (χ2v) is 8.96. The number of nitrogens with one attached hydrogen (secondary N) is 1. The lowest BCUT2D eigenvalue weighted by atomic mass is 10.0. The zero-order valence-corrected chi connectivity index (χ0v) is 20.7. The number of amides is 3. The number of carbonyl (C=O) groups excluding carboxylic acids is 3. The Kier molecular flexibility index (Phi) is 7.18. The third-order valence-electron chi connectivity index (χ3n) is 6.63. The molecule has 0 aromatic heterocycles. The van der Waals surface area contributed by atoms with E-state index in [0.717, 1.165) is 28.8 Å². The highest BCUT2D eigenvalue weighted by Crippen LogP contribution is 2.33. The fourth-order valence-corrected chi connectivity index (χ4v) is 4.64. The summed E-state index contributed by atoms with van der Waals surface area (Å²) >= 11 is 0. The van der Waals surface area contributed by atoms with Gasteiger partial charge in [0.2, 0.25) is 0 Å². The molecule has 2 aliphatic heterocycles. The summed E-state index contributed by atoms with van der Waals surface area (Å²) in [5.41, 5.74) is 5.76. The number of rotatable bonds is 5. The van der Waals surface area contributed by atoms with Crippen molar-refractivity contribution in [1.82, 2.24) is 4.90 Å². The summed E-state index contributed by atoms with van der Waals surface area (Å²) in [6.45, 7) is 5.05. The third-order valence-corrected chi connectivity index (χ3v) is 6.63. The van der Waals surface area contributed by atoms with Crippen molar-refractivity contribution in [2.75, 3.05) is 49.7 Å². The number of anilines is 2. The molecule has 0 unspecified atom stereocenters. The molecule has 0 spiro atoms. The van der Waals surface area contributed by atoms with E-state index in [1.807, 2.05) is 41.3 Å². The molecule has 0 aliphatic carbocycles. The average molecular weight is 500 g/mol. The van der Waals surface area contributed by atoms with E-state index in [-0.39, 0.29) is 17.9 Å². The number of benzene rings is 3. The highest BCUT2D eigenvalue weighted by atomic mass is 16.5. The van der Waals surface area contributed by atoms with E-state index in [0.29, 0.717) is 56.3 Å². The van der Waals surface area contributed by atoms with Gasteiger partial charge >= 0.3 is 12.0 Å². The van der Waals surface area contributed by atoms with Gasteiger partial charge in [0.15, 0.2) is 0 Å². The fraction of sp³-hybridized carbons (Fsp3) is 0.276. The van der Waals surface area contributed by atoms with Gasteiger partial charge in [0.05, 0.1) is 25.4 Å². The maximum atomic E-state index is 13.0. The van der Waals surface area contributed by atoms with E-state index in [9.17, 15) is 14.4 Å². The SMILES string of the molecule is CCOC(=O)c1ccc(NC(=O)N2CCc3cc(-c4ccc(C(=O)N5CCOCC5)cc4)ccc32)cc1. The average Bonchev–Trinajstić information content (AvgIpc) is 3.37. The van der Waals surface area contributed by atoms with Crippen LogP contribution in [-0.4, -0.2) is 62.3 Å². The van der Waals surface area contributed by atoms with Gasteiger partial charge in [0.25, 0.3) is 5.91 Å².